The smallest absolute Gasteiger partial charge is 0.0948 e. The highest BCUT2D eigenvalue weighted by molar-refractivity contribution is 7.15. The molecular formula is C11H14N2S2. The molecule has 0 saturated carbocycles. The minimum absolute atomic E-state index is 0.681. The van der Waals surface area contributed by atoms with Crippen LogP contribution in [0.3, 0.4) is 0 Å². The monoisotopic (exact) mass is 238 g/mol. The molecule has 2 heterocycles. The molecule has 0 saturated heterocycles. The van der Waals surface area contributed by atoms with Crippen LogP contribution >= 0.6 is 22.7 Å². The highest BCUT2D eigenvalue weighted by Gasteiger charge is 2.11. The van der Waals surface area contributed by atoms with Crippen molar-refractivity contribution in [2.75, 3.05) is 6.54 Å². The maximum atomic E-state index is 5.55. The predicted octanol–water partition coefficient (Wildman–Crippen LogP) is 2.94. The van der Waals surface area contributed by atoms with Crippen LogP contribution in [0.2, 0.25) is 0 Å². The summed E-state index contributed by atoms with van der Waals surface area (Å²) >= 11 is 3.55. The van der Waals surface area contributed by atoms with Crippen molar-refractivity contribution in [3.63, 3.8) is 0 Å². The summed E-state index contributed by atoms with van der Waals surface area (Å²) in [5.74, 6) is 0. The first-order chi connectivity index (χ1) is 7.35. The van der Waals surface area contributed by atoms with Gasteiger partial charge in [-0.2, -0.15) is 0 Å². The zero-order valence-corrected chi connectivity index (χ0v) is 10.3. The third-order valence-corrected chi connectivity index (χ3v) is 4.31. The van der Waals surface area contributed by atoms with E-state index < -0.39 is 0 Å². The second-order valence-electron chi connectivity index (χ2n) is 3.25. The van der Waals surface area contributed by atoms with Gasteiger partial charge in [0.2, 0.25) is 0 Å². The lowest BCUT2D eigenvalue weighted by atomic mass is 10.2. The molecule has 4 heteroatoms. The molecule has 0 bridgehead atoms. The molecule has 2 nitrogen and oxygen atoms in total. The van der Waals surface area contributed by atoms with Crippen LogP contribution in [-0.2, 0) is 12.8 Å². The van der Waals surface area contributed by atoms with Crippen LogP contribution in [0, 0.1) is 0 Å². The number of thiophene rings is 1. The molecule has 0 aliphatic heterocycles. The Bertz CT molecular complexity index is 418. The first-order valence-electron chi connectivity index (χ1n) is 5.07. The average molecular weight is 238 g/mol. The number of nitrogens with two attached hydrogens (primary N) is 1. The molecule has 2 aromatic rings. The van der Waals surface area contributed by atoms with Crippen molar-refractivity contribution < 1.29 is 0 Å². The Morgan fingerprint density at radius 1 is 1.47 bits per heavy atom. The summed E-state index contributed by atoms with van der Waals surface area (Å²) in [6.45, 7) is 2.86. The molecule has 2 rings (SSSR count). The van der Waals surface area contributed by atoms with Gasteiger partial charge in [0.1, 0.15) is 0 Å². The average Bonchev–Trinajstić information content (AvgIpc) is 2.84. The lowest BCUT2D eigenvalue weighted by molar-refractivity contribution is 0.954. The molecule has 0 amide bonds. The maximum Gasteiger partial charge on any atom is 0.0948 e. The van der Waals surface area contributed by atoms with Gasteiger partial charge in [-0.1, -0.05) is 13.0 Å². The van der Waals surface area contributed by atoms with Crippen LogP contribution in [0.5, 0.6) is 0 Å². The van der Waals surface area contributed by atoms with Crippen LogP contribution in [0.1, 0.15) is 16.8 Å². The molecule has 0 unspecified atom stereocenters. The number of hydrogen-bond acceptors (Lipinski definition) is 4. The molecule has 0 aromatic carbocycles. The topological polar surface area (TPSA) is 38.9 Å². The molecule has 0 radical (unpaired) electrons. The number of aryl methyl sites for hydroxylation is 1. The van der Waals surface area contributed by atoms with E-state index in [1.54, 1.807) is 22.7 Å². The van der Waals surface area contributed by atoms with Gasteiger partial charge in [0, 0.05) is 11.3 Å². The minimum atomic E-state index is 0.681. The van der Waals surface area contributed by atoms with E-state index >= 15 is 0 Å². The molecule has 0 aliphatic rings. The quantitative estimate of drug-likeness (QED) is 0.889. The van der Waals surface area contributed by atoms with E-state index in [0.717, 1.165) is 17.8 Å². The van der Waals surface area contributed by atoms with E-state index in [4.69, 9.17) is 5.73 Å². The Morgan fingerprint density at radius 3 is 2.93 bits per heavy atom. The van der Waals surface area contributed by atoms with Gasteiger partial charge < -0.3 is 5.73 Å². The minimum Gasteiger partial charge on any atom is -0.330 e. The standard InChI is InChI=1S/C11H14N2S2/c1-2-8-11(9-4-3-7-14-9)13-10(15-8)5-6-12/h3-4,7H,2,5-6,12H2,1H3. The van der Waals surface area contributed by atoms with E-state index in [1.165, 1.54) is 15.4 Å². The molecule has 0 spiro atoms. The number of thiazole rings is 1. The van der Waals surface area contributed by atoms with Crippen molar-refractivity contribution in [2.24, 2.45) is 5.73 Å². The summed E-state index contributed by atoms with van der Waals surface area (Å²) in [5.41, 5.74) is 6.72. The van der Waals surface area contributed by atoms with E-state index in [0.29, 0.717) is 6.54 Å². The summed E-state index contributed by atoms with van der Waals surface area (Å²) in [4.78, 5) is 7.31. The fourth-order valence-corrected chi connectivity index (χ4v) is 3.32. The molecule has 15 heavy (non-hydrogen) atoms. The number of rotatable bonds is 4. The van der Waals surface area contributed by atoms with E-state index in [9.17, 15) is 0 Å². The highest BCUT2D eigenvalue weighted by Crippen LogP contribution is 2.31. The van der Waals surface area contributed by atoms with Crippen LogP contribution in [-0.4, -0.2) is 11.5 Å². The second kappa shape index (κ2) is 4.88. The second-order valence-corrected chi connectivity index (χ2v) is 5.36. The third kappa shape index (κ3) is 2.27. The Labute approximate surface area is 97.8 Å². The van der Waals surface area contributed by atoms with E-state index in [1.807, 2.05) is 0 Å². The van der Waals surface area contributed by atoms with Gasteiger partial charge in [0.05, 0.1) is 15.6 Å². The lowest BCUT2D eigenvalue weighted by Crippen LogP contribution is -2.01. The zero-order chi connectivity index (χ0) is 10.7. The molecule has 0 atom stereocenters. The van der Waals surface area contributed by atoms with Gasteiger partial charge in [0.15, 0.2) is 0 Å². The molecule has 2 aromatic heterocycles. The largest absolute Gasteiger partial charge is 0.330 e. The fourth-order valence-electron chi connectivity index (χ4n) is 1.48. The predicted molar refractivity (Wildman–Crippen MR) is 67.6 cm³/mol. The maximum absolute atomic E-state index is 5.55. The number of nitrogens with zero attached hydrogens (tertiary/aromatic N) is 1. The molecule has 2 N–H and O–H groups in total. The number of hydrogen-bond donors (Lipinski definition) is 1. The van der Waals surface area contributed by atoms with Crippen LogP contribution in [0.15, 0.2) is 17.5 Å². The summed E-state index contributed by atoms with van der Waals surface area (Å²) < 4.78 is 0. The van der Waals surface area contributed by atoms with Gasteiger partial charge in [-0.15, -0.1) is 22.7 Å². The van der Waals surface area contributed by atoms with Crippen LogP contribution < -0.4 is 5.73 Å². The first kappa shape index (κ1) is 10.8. The summed E-state index contributed by atoms with van der Waals surface area (Å²) in [7, 11) is 0. The summed E-state index contributed by atoms with van der Waals surface area (Å²) in [6.07, 6.45) is 1.94. The SMILES string of the molecule is CCc1sc(CCN)nc1-c1cccs1. The summed E-state index contributed by atoms with van der Waals surface area (Å²) in [6, 6.07) is 4.20. The van der Waals surface area contributed by atoms with E-state index in [-0.39, 0.29) is 0 Å². The van der Waals surface area contributed by atoms with Crippen molar-refractivity contribution in [3.8, 4) is 10.6 Å². The molecule has 0 fully saturated rings. The lowest BCUT2D eigenvalue weighted by Gasteiger charge is -1.93. The van der Waals surface area contributed by atoms with Gasteiger partial charge in [-0.05, 0) is 24.4 Å². The first-order valence-corrected chi connectivity index (χ1v) is 6.77. The normalized spacial score (nSPS) is 10.8. The summed E-state index contributed by atoms with van der Waals surface area (Å²) in [5, 5.41) is 3.26. The zero-order valence-electron chi connectivity index (χ0n) is 8.69. The van der Waals surface area contributed by atoms with Gasteiger partial charge in [0.25, 0.3) is 0 Å². The Hall–Kier alpha value is -0.710. The van der Waals surface area contributed by atoms with Gasteiger partial charge in [-0.25, -0.2) is 4.98 Å². The van der Waals surface area contributed by atoms with Crippen molar-refractivity contribution in [2.45, 2.75) is 19.8 Å². The van der Waals surface area contributed by atoms with E-state index in [2.05, 4.69) is 29.4 Å². The van der Waals surface area contributed by atoms with Crippen LogP contribution in [0.25, 0.3) is 10.6 Å². The van der Waals surface area contributed by atoms with Gasteiger partial charge in [-0.3, -0.25) is 0 Å². The molecule has 0 aliphatic carbocycles. The van der Waals surface area contributed by atoms with Crippen molar-refractivity contribution in [1.82, 2.24) is 4.98 Å². The molecule has 80 valence electrons. The number of aromatic nitrogens is 1. The van der Waals surface area contributed by atoms with Crippen molar-refractivity contribution in [1.29, 1.82) is 0 Å². The fraction of sp³-hybridized carbons (Fsp3) is 0.364. The Balaban J connectivity index is 2.37. The Morgan fingerprint density at radius 2 is 2.33 bits per heavy atom. The highest BCUT2D eigenvalue weighted by atomic mass is 32.1. The van der Waals surface area contributed by atoms with Crippen molar-refractivity contribution >= 4 is 22.7 Å². The van der Waals surface area contributed by atoms with Gasteiger partial charge >= 0.3 is 0 Å². The van der Waals surface area contributed by atoms with Crippen LogP contribution in [0.4, 0.5) is 0 Å². The molecular weight excluding hydrogens is 224 g/mol. The Kier molecular flexibility index (Phi) is 3.51. The van der Waals surface area contributed by atoms with Crippen molar-refractivity contribution in [3.05, 3.63) is 27.4 Å². The third-order valence-electron chi connectivity index (χ3n) is 2.18.